The van der Waals surface area contributed by atoms with Gasteiger partial charge < -0.3 is 0 Å². The minimum absolute atomic E-state index is 0.151. The van der Waals surface area contributed by atoms with Crippen LogP contribution in [0.4, 0.5) is 0 Å². The Bertz CT molecular complexity index is 626. The van der Waals surface area contributed by atoms with Gasteiger partial charge in [-0.1, -0.05) is 68.2 Å². The van der Waals surface area contributed by atoms with Crippen molar-refractivity contribution in [1.29, 1.82) is 0 Å². The lowest BCUT2D eigenvalue weighted by Crippen LogP contribution is -2.33. The Morgan fingerprint density at radius 1 is 1.05 bits per heavy atom. The molecule has 2 bridgehead atoms. The Balaban J connectivity index is 1.94. The molecule has 2 atom stereocenters. The highest BCUT2D eigenvalue weighted by atomic mass is 35.5. The molecule has 0 N–H and O–H groups in total. The van der Waals surface area contributed by atoms with Crippen molar-refractivity contribution in [3.63, 3.8) is 0 Å². The molecule has 0 saturated heterocycles. The average molecular weight is 321 g/mol. The summed E-state index contributed by atoms with van der Waals surface area (Å²) in [5, 5.41) is 0. The van der Waals surface area contributed by atoms with E-state index in [1.54, 1.807) is 0 Å². The molecular weight excluding hydrogens is 299 g/mol. The summed E-state index contributed by atoms with van der Waals surface area (Å²) in [6, 6.07) is 8.88. The van der Waals surface area contributed by atoms with E-state index >= 15 is 0 Å². The van der Waals surface area contributed by atoms with Crippen molar-refractivity contribution in [3.8, 4) is 0 Å². The normalized spacial score (nSPS) is 34.5. The Morgan fingerprint density at radius 2 is 1.62 bits per heavy atom. The molecule has 0 amide bonds. The maximum atomic E-state index is 6.45. The van der Waals surface area contributed by atoms with Crippen LogP contribution in [-0.4, -0.2) is 0 Å². The van der Waals surface area contributed by atoms with E-state index in [0.717, 1.165) is 12.8 Å². The second-order valence-electron chi connectivity index (χ2n) is 8.06. The van der Waals surface area contributed by atoms with Crippen LogP contribution in [0.5, 0.6) is 0 Å². The highest BCUT2D eigenvalue weighted by Gasteiger charge is 2.71. The second-order valence-corrected chi connectivity index (χ2v) is 9.01. The van der Waals surface area contributed by atoms with Crippen LogP contribution < -0.4 is 0 Å². The summed E-state index contributed by atoms with van der Waals surface area (Å²) in [7, 11) is 0. The highest BCUT2D eigenvalue weighted by Crippen LogP contribution is 2.77. The minimum Gasteiger partial charge on any atom is -0.0709 e. The smallest absolute Gasteiger partial charge is 0.0709 e. The first-order valence-corrected chi connectivity index (χ1v) is 8.71. The average Bonchev–Trinajstić information content (AvgIpc) is 2.90. The van der Waals surface area contributed by atoms with E-state index in [2.05, 4.69) is 45.0 Å². The van der Waals surface area contributed by atoms with Crippen molar-refractivity contribution in [2.45, 2.75) is 46.5 Å². The molecule has 1 aromatic rings. The third-order valence-corrected chi connectivity index (χ3v) is 7.64. The van der Waals surface area contributed by atoms with E-state index in [1.165, 1.54) is 29.5 Å². The van der Waals surface area contributed by atoms with Crippen molar-refractivity contribution in [3.05, 3.63) is 45.5 Å². The number of rotatable bonds is 0. The van der Waals surface area contributed by atoms with Gasteiger partial charge in [0.25, 0.3) is 0 Å². The fourth-order valence-corrected chi connectivity index (χ4v) is 6.90. The molecule has 0 aliphatic heterocycles. The Labute approximate surface area is 137 Å². The van der Waals surface area contributed by atoms with Crippen LogP contribution in [0.3, 0.4) is 0 Å². The molecule has 0 nitrogen and oxygen atoms in total. The van der Waals surface area contributed by atoms with Crippen molar-refractivity contribution < 1.29 is 0 Å². The molecular formula is C19H22Cl2. The molecule has 2 fully saturated rings. The van der Waals surface area contributed by atoms with Gasteiger partial charge in [-0.05, 0) is 59.1 Å². The van der Waals surface area contributed by atoms with Gasteiger partial charge in [-0.15, -0.1) is 0 Å². The van der Waals surface area contributed by atoms with Gasteiger partial charge in [-0.25, -0.2) is 0 Å². The molecule has 0 aromatic heterocycles. The first kappa shape index (κ1) is 14.2. The number of fused-ring (bicyclic) bond motifs is 4. The highest BCUT2D eigenvalue weighted by molar-refractivity contribution is 6.56. The summed E-state index contributed by atoms with van der Waals surface area (Å²) >= 11 is 12.9. The van der Waals surface area contributed by atoms with Crippen LogP contribution in [0.1, 0.15) is 44.7 Å². The van der Waals surface area contributed by atoms with Gasteiger partial charge >= 0.3 is 0 Å². The predicted octanol–water partition coefficient (Wildman–Crippen LogP) is 5.92. The Kier molecular flexibility index (Phi) is 2.75. The zero-order valence-corrected chi connectivity index (χ0v) is 14.5. The zero-order valence-electron chi connectivity index (χ0n) is 13.0. The SMILES string of the molecule is CC12CCC(C3(Cc4ccccc4C3)C1=C(Cl)Cl)C2(C)C. The first-order valence-electron chi connectivity index (χ1n) is 7.96. The van der Waals surface area contributed by atoms with Gasteiger partial charge in [0.05, 0.1) is 0 Å². The van der Waals surface area contributed by atoms with E-state index in [1.807, 2.05) is 0 Å². The molecule has 4 rings (SSSR count). The van der Waals surface area contributed by atoms with Gasteiger partial charge in [0, 0.05) is 5.41 Å². The van der Waals surface area contributed by atoms with Crippen LogP contribution >= 0.6 is 23.2 Å². The second kappa shape index (κ2) is 4.09. The van der Waals surface area contributed by atoms with Crippen LogP contribution in [0.15, 0.2) is 34.3 Å². The summed E-state index contributed by atoms with van der Waals surface area (Å²) in [5.74, 6) is 0.685. The summed E-state index contributed by atoms with van der Waals surface area (Å²) in [6.07, 6.45) is 4.76. The van der Waals surface area contributed by atoms with Crippen LogP contribution in [0, 0.1) is 22.2 Å². The maximum Gasteiger partial charge on any atom is 0.107 e. The molecule has 0 heterocycles. The molecule has 3 aliphatic carbocycles. The molecule has 1 aromatic carbocycles. The third-order valence-electron chi connectivity index (χ3n) is 7.26. The summed E-state index contributed by atoms with van der Waals surface area (Å²) < 4.78 is 0.542. The largest absolute Gasteiger partial charge is 0.107 e. The minimum atomic E-state index is 0.151. The number of allylic oxidation sites excluding steroid dienone is 1. The van der Waals surface area contributed by atoms with E-state index in [0.29, 0.717) is 10.4 Å². The molecule has 2 heteroatoms. The third kappa shape index (κ3) is 1.49. The topological polar surface area (TPSA) is 0 Å². The van der Waals surface area contributed by atoms with E-state index < -0.39 is 0 Å². The molecule has 112 valence electrons. The van der Waals surface area contributed by atoms with Crippen LogP contribution in [-0.2, 0) is 12.8 Å². The Morgan fingerprint density at radius 3 is 2.14 bits per heavy atom. The molecule has 0 radical (unpaired) electrons. The number of hydrogen-bond acceptors (Lipinski definition) is 0. The lowest BCUT2D eigenvalue weighted by molar-refractivity contribution is 0.141. The zero-order chi connectivity index (χ0) is 15.0. The lowest BCUT2D eigenvalue weighted by atomic mass is 9.65. The summed E-state index contributed by atoms with van der Waals surface area (Å²) in [6.45, 7) is 7.25. The van der Waals surface area contributed by atoms with Crippen molar-refractivity contribution in [2.75, 3.05) is 0 Å². The Hall–Kier alpha value is -0.460. The van der Waals surface area contributed by atoms with Crippen molar-refractivity contribution >= 4 is 23.2 Å². The lowest BCUT2D eigenvalue weighted by Gasteiger charge is -2.40. The summed E-state index contributed by atoms with van der Waals surface area (Å²) in [4.78, 5) is 0. The van der Waals surface area contributed by atoms with Gasteiger partial charge in [0.1, 0.15) is 4.49 Å². The van der Waals surface area contributed by atoms with E-state index in [-0.39, 0.29) is 16.2 Å². The van der Waals surface area contributed by atoms with Crippen molar-refractivity contribution in [2.24, 2.45) is 22.2 Å². The van der Waals surface area contributed by atoms with E-state index in [4.69, 9.17) is 23.2 Å². The van der Waals surface area contributed by atoms with E-state index in [9.17, 15) is 0 Å². The fraction of sp³-hybridized carbons (Fsp3) is 0.579. The molecule has 2 saturated carbocycles. The molecule has 21 heavy (non-hydrogen) atoms. The molecule has 2 unspecified atom stereocenters. The van der Waals surface area contributed by atoms with Crippen LogP contribution in [0.2, 0.25) is 0 Å². The molecule has 3 aliphatic rings. The van der Waals surface area contributed by atoms with Gasteiger partial charge in [-0.2, -0.15) is 0 Å². The van der Waals surface area contributed by atoms with Gasteiger partial charge in [-0.3, -0.25) is 0 Å². The predicted molar refractivity (Wildman–Crippen MR) is 89.6 cm³/mol. The number of hydrogen-bond donors (Lipinski definition) is 0. The maximum absolute atomic E-state index is 6.45. The quantitative estimate of drug-likeness (QED) is 0.556. The molecule has 1 spiro atoms. The van der Waals surface area contributed by atoms with Crippen LogP contribution in [0.25, 0.3) is 0 Å². The monoisotopic (exact) mass is 320 g/mol. The van der Waals surface area contributed by atoms with Gasteiger partial charge in [0.2, 0.25) is 0 Å². The fourth-order valence-electron chi connectivity index (χ4n) is 6.10. The number of halogens is 2. The standard InChI is InChI=1S/C19H22Cl2/c1-17(2)14-8-9-18(17,3)15(16(20)21)19(14)10-12-6-4-5-7-13(12)11-19/h4-7,14H,8-11H2,1-3H3. The first-order chi connectivity index (χ1) is 9.83. The van der Waals surface area contributed by atoms with Crippen molar-refractivity contribution in [1.82, 2.24) is 0 Å². The van der Waals surface area contributed by atoms with Gasteiger partial charge in [0.15, 0.2) is 0 Å². The number of benzene rings is 1. The summed E-state index contributed by atoms with van der Waals surface area (Å²) in [5.41, 5.74) is 4.95.